The van der Waals surface area contributed by atoms with Crippen molar-refractivity contribution in [3.8, 4) is 0 Å². The molecule has 0 bridgehead atoms. The molecule has 0 saturated carbocycles. The van der Waals surface area contributed by atoms with Crippen LogP contribution in [0.5, 0.6) is 0 Å². The number of alkyl halides is 1. The van der Waals surface area contributed by atoms with Gasteiger partial charge in [-0.2, -0.15) is 0 Å². The van der Waals surface area contributed by atoms with Crippen molar-refractivity contribution in [1.82, 2.24) is 10.0 Å². The van der Waals surface area contributed by atoms with Crippen LogP contribution >= 0.6 is 15.9 Å². The molecular formula is C14H21BrN2O4S. The number of rotatable bonds is 6. The number of nitrogens with one attached hydrogen (secondary N) is 2. The van der Waals surface area contributed by atoms with E-state index in [9.17, 15) is 13.2 Å². The van der Waals surface area contributed by atoms with Gasteiger partial charge in [0.05, 0.1) is 4.90 Å². The lowest BCUT2D eigenvalue weighted by atomic mass is 10.2. The van der Waals surface area contributed by atoms with E-state index in [0.717, 1.165) is 5.56 Å². The smallest absolute Gasteiger partial charge is 0.407 e. The Morgan fingerprint density at radius 2 is 1.77 bits per heavy atom. The summed E-state index contributed by atoms with van der Waals surface area (Å²) in [5, 5.41) is 3.15. The van der Waals surface area contributed by atoms with E-state index in [2.05, 4.69) is 26.0 Å². The molecule has 0 aliphatic heterocycles. The molecule has 0 radical (unpaired) electrons. The highest BCUT2D eigenvalue weighted by molar-refractivity contribution is 9.08. The fourth-order valence-corrected chi connectivity index (χ4v) is 2.91. The van der Waals surface area contributed by atoms with Gasteiger partial charge in [-0.25, -0.2) is 17.9 Å². The molecule has 22 heavy (non-hydrogen) atoms. The van der Waals surface area contributed by atoms with Gasteiger partial charge in [0.1, 0.15) is 5.60 Å². The molecule has 0 spiro atoms. The maximum absolute atomic E-state index is 12.0. The van der Waals surface area contributed by atoms with Gasteiger partial charge in [0.15, 0.2) is 0 Å². The molecule has 1 rings (SSSR count). The van der Waals surface area contributed by atoms with Crippen molar-refractivity contribution >= 4 is 32.0 Å². The number of halogens is 1. The number of carbonyl (C=O) groups excluding carboxylic acids is 1. The van der Waals surface area contributed by atoms with Gasteiger partial charge in [0.2, 0.25) is 10.0 Å². The summed E-state index contributed by atoms with van der Waals surface area (Å²) in [6.45, 7) is 5.50. The van der Waals surface area contributed by atoms with Crippen LogP contribution in [-0.4, -0.2) is 33.2 Å². The minimum absolute atomic E-state index is 0.0851. The average Bonchev–Trinajstić information content (AvgIpc) is 2.42. The molecule has 8 heteroatoms. The molecular weight excluding hydrogens is 372 g/mol. The fourth-order valence-electron chi connectivity index (χ4n) is 1.51. The van der Waals surface area contributed by atoms with Crippen LogP contribution in [0.4, 0.5) is 4.79 Å². The zero-order valence-corrected chi connectivity index (χ0v) is 15.3. The van der Waals surface area contributed by atoms with Crippen LogP contribution in [-0.2, 0) is 20.1 Å². The van der Waals surface area contributed by atoms with Crippen LogP contribution in [0.2, 0.25) is 0 Å². The van der Waals surface area contributed by atoms with Crippen molar-refractivity contribution in [2.45, 2.75) is 36.6 Å². The third-order valence-electron chi connectivity index (χ3n) is 2.47. The zero-order valence-electron chi connectivity index (χ0n) is 12.8. The number of benzene rings is 1. The van der Waals surface area contributed by atoms with Crippen LogP contribution in [0, 0.1) is 0 Å². The maximum atomic E-state index is 12.0. The Bertz CT molecular complexity index is 594. The average molecular weight is 393 g/mol. The van der Waals surface area contributed by atoms with E-state index in [4.69, 9.17) is 4.74 Å². The quantitative estimate of drug-likeness (QED) is 0.574. The van der Waals surface area contributed by atoms with Crippen molar-refractivity contribution in [3.63, 3.8) is 0 Å². The Morgan fingerprint density at radius 3 is 2.27 bits per heavy atom. The molecule has 0 aromatic heterocycles. The third-order valence-corrected chi connectivity index (χ3v) is 4.60. The summed E-state index contributed by atoms with van der Waals surface area (Å²) in [6, 6.07) is 6.56. The summed E-state index contributed by atoms with van der Waals surface area (Å²) >= 11 is 3.30. The van der Waals surface area contributed by atoms with Crippen molar-refractivity contribution < 1.29 is 17.9 Å². The predicted molar refractivity (Wildman–Crippen MR) is 88.5 cm³/mol. The Hall–Kier alpha value is -1.12. The summed E-state index contributed by atoms with van der Waals surface area (Å²) in [5.74, 6) is 0. The first kappa shape index (κ1) is 18.9. The van der Waals surface area contributed by atoms with Gasteiger partial charge in [-0.3, -0.25) is 0 Å². The molecule has 1 aromatic carbocycles. The highest BCUT2D eigenvalue weighted by atomic mass is 79.9. The molecule has 0 atom stereocenters. The van der Waals surface area contributed by atoms with Crippen LogP contribution < -0.4 is 10.0 Å². The molecule has 2 N–H and O–H groups in total. The van der Waals surface area contributed by atoms with E-state index in [0.29, 0.717) is 5.33 Å². The van der Waals surface area contributed by atoms with Gasteiger partial charge in [-0.05, 0) is 38.5 Å². The lowest BCUT2D eigenvalue weighted by Gasteiger charge is -2.19. The third kappa shape index (κ3) is 6.76. The Balaban J connectivity index is 2.44. The first-order valence-corrected chi connectivity index (χ1v) is 9.36. The molecule has 0 aliphatic rings. The first-order valence-electron chi connectivity index (χ1n) is 6.75. The van der Waals surface area contributed by atoms with Gasteiger partial charge >= 0.3 is 6.09 Å². The molecule has 0 aliphatic carbocycles. The Labute approximate surface area is 139 Å². The highest BCUT2D eigenvalue weighted by Gasteiger charge is 2.16. The van der Waals surface area contributed by atoms with Gasteiger partial charge in [0.25, 0.3) is 0 Å². The van der Waals surface area contributed by atoms with Crippen LogP contribution in [0.15, 0.2) is 29.2 Å². The van der Waals surface area contributed by atoms with E-state index in [1.165, 1.54) is 0 Å². The number of amides is 1. The molecule has 124 valence electrons. The largest absolute Gasteiger partial charge is 0.444 e. The number of hydrogen-bond donors (Lipinski definition) is 2. The second kappa shape index (κ2) is 7.94. The monoisotopic (exact) mass is 392 g/mol. The van der Waals surface area contributed by atoms with E-state index in [1.54, 1.807) is 45.0 Å². The highest BCUT2D eigenvalue weighted by Crippen LogP contribution is 2.12. The lowest BCUT2D eigenvalue weighted by molar-refractivity contribution is 0.0529. The number of hydrogen-bond acceptors (Lipinski definition) is 4. The molecule has 6 nitrogen and oxygen atoms in total. The van der Waals surface area contributed by atoms with Crippen LogP contribution in [0.25, 0.3) is 0 Å². The SMILES string of the molecule is CC(C)(C)OC(=O)NCCNS(=O)(=O)c1ccc(CBr)cc1. The van der Waals surface area contributed by atoms with Gasteiger partial charge in [0, 0.05) is 18.4 Å². The molecule has 0 fully saturated rings. The van der Waals surface area contributed by atoms with E-state index in [-0.39, 0.29) is 18.0 Å². The summed E-state index contributed by atoms with van der Waals surface area (Å²) in [6.07, 6.45) is -0.576. The van der Waals surface area contributed by atoms with Gasteiger partial charge in [-0.15, -0.1) is 0 Å². The summed E-state index contributed by atoms with van der Waals surface area (Å²) in [5.41, 5.74) is 0.409. The predicted octanol–water partition coefficient (Wildman–Crippen LogP) is 2.38. The minimum atomic E-state index is -3.58. The summed E-state index contributed by atoms with van der Waals surface area (Å²) in [7, 11) is -3.58. The molecule has 0 heterocycles. The van der Waals surface area contributed by atoms with Crippen molar-refractivity contribution in [3.05, 3.63) is 29.8 Å². The molecule has 1 aromatic rings. The molecule has 0 unspecified atom stereocenters. The van der Waals surface area contributed by atoms with Crippen LogP contribution in [0.1, 0.15) is 26.3 Å². The Kier molecular flexibility index (Phi) is 6.83. The normalized spacial score (nSPS) is 12.0. The standard InChI is InChI=1S/C14H21BrN2O4S/c1-14(2,3)21-13(18)16-8-9-17-22(19,20)12-6-4-11(10-15)5-7-12/h4-7,17H,8-10H2,1-3H3,(H,16,18). The van der Waals surface area contributed by atoms with Crippen molar-refractivity contribution in [1.29, 1.82) is 0 Å². The topological polar surface area (TPSA) is 84.5 Å². The molecule has 1 amide bonds. The van der Waals surface area contributed by atoms with Crippen molar-refractivity contribution in [2.24, 2.45) is 0 Å². The number of carbonyl (C=O) groups is 1. The second-order valence-corrected chi connectivity index (χ2v) is 7.93. The van der Waals surface area contributed by atoms with Crippen LogP contribution in [0.3, 0.4) is 0 Å². The summed E-state index contributed by atoms with van der Waals surface area (Å²) in [4.78, 5) is 11.6. The van der Waals surface area contributed by atoms with Gasteiger partial charge in [-0.1, -0.05) is 28.1 Å². The lowest BCUT2D eigenvalue weighted by Crippen LogP contribution is -2.37. The van der Waals surface area contributed by atoms with Crippen molar-refractivity contribution in [2.75, 3.05) is 13.1 Å². The number of alkyl carbamates (subject to hydrolysis) is 1. The number of ether oxygens (including phenoxy) is 1. The zero-order chi connectivity index (χ0) is 16.8. The van der Waals surface area contributed by atoms with E-state index < -0.39 is 21.7 Å². The summed E-state index contributed by atoms with van der Waals surface area (Å²) < 4.78 is 31.5. The molecule has 0 saturated heterocycles. The fraction of sp³-hybridized carbons (Fsp3) is 0.500. The van der Waals surface area contributed by atoms with E-state index in [1.807, 2.05) is 0 Å². The second-order valence-electron chi connectivity index (χ2n) is 5.60. The van der Waals surface area contributed by atoms with Gasteiger partial charge < -0.3 is 10.1 Å². The number of sulfonamides is 1. The Morgan fingerprint density at radius 1 is 1.18 bits per heavy atom. The van der Waals surface area contributed by atoms with E-state index >= 15 is 0 Å². The minimum Gasteiger partial charge on any atom is -0.444 e. The first-order chi connectivity index (χ1) is 10.1. The maximum Gasteiger partial charge on any atom is 0.407 e.